The van der Waals surface area contributed by atoms with Gasteiger partial charge in [0.05, 0.1) is 13.2 Å². The molecule has 1 atom stereocenters. The number of rotatable bonds is 4. The normalized spacial score (nSPS) is 20.8. The van der Waals surface area contributed by atoms with Gasteiger partial charge in [0, 0.05) is 59.7 Å². The number of benzene rings is 3. The van der Waals surface area contributed by atoms with E-state index >= 15 is 0 Å². The first-order valence-electron chi connectivity index (χ1n) is 12.9. The topological polar surface area (TPSA) is 42.0 Å². The van der Waals surface area contributed by atoms with Crippen LogP contribution in [0.5, 0.6) is 11.5 Å². The van der Waals surface area contributed by atoms with Crippen LogP contribution in [0.4, 0.5) is 0 Å². The van der Waals surface area contributed by atoms with E-state index in [1.165, 1.54) is 5.56 Å². The van der Waals surface area contributed by atoms with Crippen molar-refractivity contribution in [2.24, 2.45) is 5.41 Å². The lowest BCUT2D eigenvalue weighted by molar-refractivity contribution is -0.113. The molecule has 7 heteroatoms. The Morgan fingerprint density at radius 3 is 2.41 bits per heavy atom. The lowest BCUT2D eigenvalue weighted by Crippen LogP contribution is -2.62. The first-order chi connectivity index (χ1) is 18.0. The molecule has 1 amide bonds. The van der Waals surface area contributed by atoms with E-state index in [0.29, 0.717) is 30.3 Å². The van der Waals surface area contributed by atoms with Gasteiger partial charge in [0.15, 0.2) is 11.5 Å². The Morgan fingerprint density at radius 1 is 0.919 bits per heavy atom. The molecule has 192 valence electrons. The van der Waals surface area contributed by atoms with Crippen molar-refractivity contribution in [3.05, 3.63) is 93.5 Å². The summed E-state index contributed by atoms with van der Waals surface area (Å²) in [6.07, 6.45) is 2.75. The van der Waals surface area contributed by atoms with Crippen molar-refractivity contribution < 1.29 is 14.3 Å². The van der Waals surface area contributed by atoms with Crippen molar-refractivity contribution in [3.63, 3.8) is 0 Å². The van der Waals surface area contributed by atoms with Crippen LogP contribution in [0, 0.1) is 5.41 Å². The number of hydrogen-bond acceptors (Lipinski definition) is 4. The largest absolute Gasteiger partial charge is 0.490 e. The van der Waals surface area contributed by atoms with Gasteiger partial charge in [0.2, 0.25) is 0 Å². The van der Waals surface area contributed by atoms with Gasteiger partial charge in [-0.3, -0.25) is 9.69 Å². The van der Waals surface area contributed by atoms with Crippen LogP contribution >= 0.6 is 23.2 Å². The molecule has 1 unspecified atom stereocenters. The molecular formula is C30H30Cl2N2O3. The average molecular weight is 537 g/mol. The van der Waals surface area contributed by atoms with Crippen LogP contribution in [-0.4, -0.2) is 48.6 Å². The number of amides is 1. The molecule has 3 aromatic carbocycles. The molecule has 5 nitrogen and oxygen atoms in total. The maximum Gasteiger partial charge on any atom is 0.253 e. The minimum Gasteiger partial charge on any atom is -0.490 e. The second-order valence-corrected chi connectivity index (χ2v) is 11.2. The molecule has 0 N–H and O–H groups in total. The fourth-order valence-corrected chi connectivity index (χ4v) is 6.45. The van der Waals surface area contributed by atoms with E-state index in [1.54, 1.807) is 0 Å². The van der Waals surface area contributed by atoms with Crippen LogP contribution in [0.2, 0.25) is 10.0 Å². The summed E-state index contributed by atoms with van der Waals surface area (Å²) in [4.78, 5) is 17.9. The highest BCUT2D eigenvalue weighted by Crippen LogP contribution is 2.55. The highest BCUT2D eigenvalue weighted by Gasteiger charge is 2.54. The number of halogens is 2. The summed E-state index contributed by atoms with van der Waals surface area (Å²) in [5.74, 6) is 1.43. The highest BCUT2D eigenvalue weighted by atomic mass is 35.5. The van der Waals surface area contributed by atoms with Gasteiger partial charge in [0.1, 0.15) is 0 Å². The zero-order chi connectivity index (χ0) is 25.4. The number of nitrogens with zero attached hydrogens (tertiary/aromatic N) is 2. The molecule has 0 bridgehead atoms. The lowest BCUT2D eigenvalue weighted by Gasteiger charge is -2.61. The second kappa shape index (κ2) is 10.2. The summed E-state index contributed by atoms with van der Waals surface area (Å²) in [6.45, 7) is 4.49. The van der Waals surface area contributed by atoms with Crippen LogP contribution in [0.25, 0.3) is 0 Å². The molecule has 3 heterocycles. The summed E-state index contributed by atoms with van der Waals surface area (Å²) in [7, 11) is 0. The zero-order valence-corrected chi connectivity index (χ0v) is 22.2. The van der Waals surface area contributed by atoms with Crippen molar-refractivity contribution in [1.82, 2.24) is 9.80 Å². The molecule has 2 saturated heterocycles. The van der Waals surface area contributed by atoms with Crippen molar-refractivity contribution in [2.75, 3.05) is 32.8 Å². The summed E-state index contributed by atoms with van der Waals surface area (Å²) >= 11 is 12.7. The van der Waals surface area contributed by atoms with E-state index < -0.39 is 0 Å². The maximum absolute atomic E-state index is 13.4. The molecule has 0 aliphatic carbocycles. The minimum atomic E-state index is 0.0563. The Labute approximate surface area is 227 Å². The third-order valence-electron chi connectivity index (χ3n) is 8.02. The third kappa shape index (κ3) is 4.81. The molecule has 0 aromatic heterocycles. The molecule has 0 saturated carbocycles. The number of ether oxygens (including phenoxy) is 2. The Morgan fingerprint density at radius 2 is 1.65 bits per heavy atom. The molecule has 1 spiro atoms. The first kappa shape index (κ1) is 24.6. The smallest absolute Gasteiger partial charge is 0.253 e. The van der Waals surface area contributed by atoms with Crippen LogP contribution in [-0.2, 0) is 6.54 Å². The van der Waals surface area contributed by atoms with Gasteiger partial charge in [-0.15, -0.1) is 0 Å². The monoisotopic (exact) mass is 536 g/mol. The summed E-state index contributed by atoms with van der Waals surface area (Å²) in [5.41, 5.74) is 3.19. The van der Waals surface area contributed by atoms with E-state index in [9.17, 15) is 4.79 Å². The summed E-state index contributed by atoms with van der Waals surface area (Å²) < 4.78 is 11.5. The predicted octanol–water partition coefficient (Wildman–Crippen LogP) is 6.63. The van der Waals surface area contributed by atoms with Crippen LogP contribution in [0.3, 0.4) is 0 Å². The van der Waals surface area contributed by atoms with Crippen LogP contribution < -0.4 is 9.47 Å². The molecular weight excluding hydrogens is 507 g/mol. The number of carbonyl (C=O) groups is 1. The lowest BCUT2D eigenvalue weighted by atomic mass is 9.63. The summed E-state index contributed by atoms with van der Waals surface area (Å²) in [6, 6.07) is 22.1. The number of hydrogen-bond donors (Lipinski definition) is 0. The minimum absolute atomic E-state index is 0.0563. The van der Waals surface area contributed by atoms with Gasteiger partial charge < -0.3 is 14.4 Å². The molecule has 3 aromatic rings. The Balaban J connectivity index is 1.19. The van der Waals surface area contributed by atoms with Crippen molar-refractivity contribution in [2.45, 2.75) is 31.8 Å². The van der Waals surface area contributed by atoms with Gasteiger partial charge in [-0.25, -0.2) is 0 Å². The Kier molecular flexibility index (Phi) is 6.78. The molecule has 2 fully saturated rings. The Bertz CT molecular complexity index is 1290. The van der Waals surface area contributed by atoms with Gasteiger partial charge in [-0.1, -0.05) is 53.5 Å². The number of piperidine rings is 1. The predicted molar refractivity (Wildman–Crippen MR) is 146 cm³/mol. The second-order valence-electron chi connectivity index (χ2n) is 10.3. The number of likely N-dealkylation sites (tertiary alicyclic amines) is 2. The Hall–Kier alpha value is -2.73. The van der Waals surface area contributed by atoms with Gasteiger partial charge in [-0.05, 0) is 60.4 Å². The quantitative estimate of drug-likeness (QED) is 0.375. The fraction of sp³-hybridized carbons (Fsp3) is 0.367. The summed E-state index contributed by atoms with van der Waals surface area (Å²) in [5, 5.41) is 1.54. The average Bonchev–Trinajstić information content (AvgIpc) is 3.16. The molecule has 3 aliphatic rings. The molecule has 6 rings (SSSR count). The van der Waals surface area contributed by atoms with Gasteiger partial charge in [0.25, 0.3) is 5.91 Å². The zero-order valence-electron chi connectivity index (χ0n) is 20.7. The van der Waals surface area contributed by atoms with E-state index in [-0.39, 0.29) is 17.4 Å². The van der Waals surface area contributed by atoms with E-state index in [4.69, 9.17) is 32.7 Å². The fourth-order valence-electron chi connectivity index (χ4n) is 6.12. The van der Waals surface area contributed by atoms with Gasteiger partial charge >= 0.3 is 0 Å². The van der Waals surface area contributed by atoms with Crippen molar-refractivity contribution in [3.8, 4) is 11.5 Å². The molecule has 37 heavy (non-hydrogen) atoms. The van der Waals surface area contributed by atoms with Crippen molar-refractivity contribution >= 4 is 29.1 Å². The maximum atomic E-state index is 13.4. The highest BCUT2D eigenvalue weighted by molar-refractivity contribution is 6.31. The van der Waals surface area contributed by atoms with Crippen LogP contribution in [0.15, 0.2) is 66.7 Å². The molecule has 3 aliphatic heterocycles. The van der Waals surface area contributed by atoms with Crippen LogP contribution in [0.1, 0.15) is 46.8 Å². The van der Waals surface area contributed by atoms with E-state index in [2.05, 4.69) is 23.1 Å². The standard InChI is InChI=1S/C30H30Cl2N2O3/c31-24-9-6-21(7-10-24)28-30(20-34(28)19-23-4-1-2-5-25(23)32)12-14-33(15-13-30)29(35)22-8-11-26-27(18-22)37-17-3-16-36-26/h1-2,4-11,18,28H,3,12-17,19-20H2. The van der Waals surface area contributed by atoms with E-state index in [1.807, 2.05) is 53.4 Å². The molecule has 0 radical (unpaired) electrons. The van der Waals surface area contributed by atoms with E-state index in [0.717, 1.165) is 61.1 Å². The first-order valence-corrected chi connectivity index (χ1v) is 13.7. The third-order valence-corrected chi connectivity index (χ3v) is 8.64. The number of fused-ring (bicyclic) bond motifs is 1. The van der Waals surface area contributed by atoms with Crippen molar-refractivity contribution in [1.29, 1.82) is 0 Å². The number of carbonyl (C=O) groups excluding carboxylic acids is 1. The van der Waals surface area contributed by atoms with Gasteiger partial charge in [-0.2, -0.15) is 0 Å². The SMILES string of the molecule is O=C(c1ccc2c(c1)OCCCO2)N1CCC2(CC1)CN(Cc1ccccc1Cl)C2c1ccc(Cl)cc1.